The number of carbonyl (C=O) groups is 1. The van der Waals surface area contributed by atoms with E-state index < -0.39 is 11.9 Å². The van der Waals surface area contributed by atoms with Crippen molar-refractivity contribution >= 4 is 45.1 Å². The zero-order chi connectivity index (χ0) is 16.4. The van der Waals surface area contributed by atoms with Gasteiger partial charge in [0.25, 0.3) is 0 Å². The molecule has 1 atom stereocenters. The second-order valence-electron chi connectivity index (χ2n) is 5.16. The average Bonchev–Trinajstić information content (AvgIpc) is 2.68. The minimum Gasteiger partial charge on any atom is -0.481 e. The number of halogens is 3. The quantitative estimate of drug-likeness (QED) is 0.792. The predicted octanol–water partition coefficient (Wildman–Crippen LogP) is 4.57. The van der Waals surface area contributed by atoms with Crippen molar-refractivity contribution in [2.45, 2.75) is 26.8 Å². The zero-order valence-corrected chi connectivity index (χ0v) is 15.2. The second-order valence-corrected chi connectivity index (χ2v) is 6.84. The van der Waals surface area contributed by atoms with Crippen molar-refractivity contribution < 1.29 is 9.90 Å². The van der Waals surface area contributed by atoms with Crippen LogP contribution in [0.2, 0.25) is 10.2 Å². The Bertz CT molecular complexity index is 716. The average molecular weight is 406 g/mol. The number of aryl methyl sites for hydroxylation is 1. The third-order valence-electron chi connectivity index (χ3n) is 3.48. The van der Waals surface area contributed by atoms with Crippen LogP contribution in [0.5, 0.6) is 0 Å². The molecule has 0 bridgehead atoms. The summed E-state index contributed by atoms with van der Waals surface area (Å²) in [6.07, 6.45) is 0.323. The summed E-state index contributed by atoms with van der Waals surface area (Å²) in [7, 11) is 0. The van der Waals surface area contributed by atoms with Crippen LogP contribution in [0.15, 0.2) is 22.7 Å². The van der Waals surface area contributed by atoms with Gasteiger partial charge < -0.3 is 9.67 Å². The summed E-state index contributed by atoms with van der Waals surface area (Å²) < 4.78 is 2.82. The van der Waals surface area contributed by atoms with Crippen molar-refractivity contribution in [3.63, 3.8) is 0 Å². The van der Waals surface area contributed by atoms with Gasteiger partial charge in [-0.25, -0.2) is 4.98 Å². The van der Waals surface area contributed by atoms with Gasteiger partial charge in [-0.15, -0.1) is 0 Å². The van der Waals surface area contributed by atoms with Gasteiger partial charge in [-0.3, -0.25) is 4.79 Å². The van der Waals surface area contributed by atoms with Crippen LogP contribution in [0.1, 0.15) is 24.0 Å². The molecule has 2 rings (SSSR count). The molecule has 0 radical (unpaired) electrons. The highest BCUT2D eigenvalue weighted by molar-refractivity contribution is 9.10. The molecule has 0 aliphatic rings. The van der Waals surface area contributed by atoms with Crippen LogP contribution in [0.3, 0.4) is 0 Å². The number of hydrogen-bond acceptors (Lipinski definition) is 2. The number of hydrogen-bond donors (Lipinski definition) is 1. The molecule has 0 fully saturated rings. The van der Waals surface area contributed by atoms with Crippen LogP contribution >= 0.6 is 39.1 Å². The molecular weight excluding hydrogens is 391 g/mol. The Kier molecular flexibility index (Phi) is 5.53. The summed E-state index contributed by atoms with van der Waals surface area (Å²) in [4.78, 5) is 15.3. The van der Waals surface area contributed by atoms with Gasteiger partial charge in [0, 0.05) is 15.9 Å². The van der Waals surface area contributed by atoms with E-state index in [9.17, 15) is 4.79 Å². The van der Waals surface area contributed by atoms with Crippen LogP contribution in [0, 0.1) is 12.8 Å². The number of carboxylic acids is 1. The Morgan fingerprint density at radius 1 is 1.45 bits per heavy atom. The summed E-state index contributed by atoms with van der Waals surface area (Å²) >= 11 is 15.8. The number of rotatable bonds is 5. The number of carboxylic acid groups (broad SMARTS) is 1. The molecule has 0 saturated carbocycles. The third kappa shape index (κ3) is 3.83. The molecule has 118 valence electrons. The minimum atomic E-state index is -0.858. The summed E-state index contributed by atoms with van der Waals surface area (Å²) in [6.45, 7) is 3.99. The number of aliphatic carboxylic acids is 1. The van der Waals surface area contributed by atoms with E-state index in [0.717, 1.165) is 15.9 Å². The Hall–Kier alpha value is -1.04. The lowest BCUT2D eigenvalue weighted by Crippen LogP contribution is -2.16. The van der Waals surface area contributed by atoms with Crippen molar-refractivity contribution in [3.8, 4) is 0 Å². The van der Waals surface area contributed by atoms with Gasteiger partial charge in [0.2, 0.25) is 0 Å². The largest absolute Gasteiger partial charge is 0.481 e. The molecule has 0 spiro atoms. The monoisotopic (exact) mass is 404 g/mol. The predicted molar refractivity (Wildman–Crippen MR) is 90.7 cm³/mol. The van der Waals surface area contributed by atoms with E-state index in [4.69, 9.17) is 28.3 Å². The third-order valence-corrected chi connectivity index (χ3v) is 4.63. The van der Waals surface area contributed by atoms with Gasteiger partial charge in [-0.1, -0.05) is 52.1 Å². The topological polar surface area (TPSA) is 55.1 Å². The van der Waals surface area contributed by atoms with E-state index in [1.165, 1.54) is 0 Å². The highest BCUT2D eigenvalue weighted by Gasteiger charge is 2.20. The summed E-state index contributed by atoms with van der Waals surface area (Å²) in [5, 5.41) is 10.1. The van der Waals surface area contributed by atoms with E-state index >= 15 is 0 Å². The number of benzene rings is 1. The molecule has 0 aliphatic heterocycles. The first-order valence-corrected chi connectivity index (χ1v) is 8.22. The lowest BCUT2D eigenvalue weighted by atomic mass is 10.1. The molecule has 22 heavy (non-hydrogen) atoms. The molecule has 7 heteroatoms. The number of aromatic nitrogens is 2. The molecule has 1 aromatic carbocycles. The fourth-order valence-electron chi connectivity index (χ4n) is 2.18. The lowest BCUT2D eigenvalue weighted by Gasteiger charge is -2.13. The minimum absolute atomic E-state index is 0.323. The maximum Gasteiger partial charge on any atom is 0.306 e. The van der Waals surface area contributed by atoms with Gasteiger partial charge in [-0.2, -0.15) is 0 Å². The second kappa shape index (κ2) is 7.02. The van der Waals surface area contributed by atoms with Crippen molar-refractivity contribution in [1.29, 1.82) is 0 Å². The molecule has 2 aromatic rings. The Morgan fingerprint density at radius 2 is 2.14 bits per heavy atom. The Labute approximate surface area is 147 Å². The van der Waals surface area contributed by atoms with Crippen LogP contribution < -0.4 is 0 Å². The highest BCUT2D eigenvalue weighted by Crippen LogP contribution is 2.26. The maximum atomic E-state index is 11.1. The van der Waals surface area contributed by atoms with E-state index in [0.29, 0.717) is 28.8 Å². The SMILES string of the molecule is Cc1nc(Cl)c(CC(C)C(=O)O)n1Cc1ccc(Br)cc1Cl. The first-order valence-electron chi connectivity index (χ1n) is 6.67. The van der Waals surface area contributed by atoms with Gasteiger partial charge in [0.1, 0.15) is 5.82 Å². The molecule has 1 heterocycles. The summed E-state index contributed by atoms with van der Waals surface area (Å²) in [6, 6.07) is 5.66. The smallest absolute Gasteiger partial charge is 0.306 e. The van der Waals surface area contributed by atoms with Gasteiger partial charge in [0.05, 0.1) is 18.2 Å². The van der Waals surface area contributed by atoms with Crippen LogP contribution in [-0.4, -0.2) is 20.6 Å². The number of nitrogens with zero attached hydrogens (tertiary/aromatic N) is 2. The molecule has 1 aromatic heterocycles. The van der Waals surface area contributed by atoms with Gasteiger partial charge >= 0.3 is 5.97 Å². The fraction of sp³-hybridized carbons (Fsp3) is 0.333. The standard InChI is InChI=1S/C15H15BrCl2N2O2/c1-8(15(21)22)5-13-14(18)19-9(2)20(13)7-10-3-4-11(16)6-12(10)17/h3-4,6,8H,5,7H2,1-2H3,(H,21,22). The van der Waals surface area contributed by atoms with E-state index in [-0.39, 0.29) is 0 Å². The van der Waals surface area contributed by atoms with Crippen molar-refractivity contribution in [2.75, 3.05) is 0 Å². The van der Waals surface area contributed by atoms with Crippen molar-refractivity contribution in [2.24, 2.45) is 5.92 Å². The molecule has 0 aliphatic carbocycles. The van der Waals surface area contributed by atoms with Crippen LogP contribution in [0.25, 0.3) is 0 Å². The summed E-state index contributed by atoms with van der Waals surface area (Å²) in [5.41, 5.74) is 1.64. The molecule has 0 amide bonds. The Morgan fingerprint density at radius 3 is 2.73 bits per heavy atom. The van der Waals surface area contributed by atoms with E-state index in [2.05, 4.69) is 20.9 Å². The molecule has 1 unspecified atom stereocenters. The summed E-state index contributed by atoms with van der Waals surface area (Å²) in [5.74, 6) is -0.660. The molecule has 1 N–H and O–H groups in total. The molecule has 4 nitrogen and oxygen atoms in total. The Balaban J connectivity index is 2.36. The van der Waals surface area contributed by atoms with Crippen LogP contribution in [-0.2, 0) is 17.8 Å². The highest BCUT2D eigenvalue weighted by atomic mass is 79.9. The van der Waals surface area contributed by atoms with Crippen molar-refractivity contribution in [1.82, 2.24) is 9.55 Å². The number of imidazole rings is 1. The maximum absolute atomic E-state index is 11.1. The fourth-order valence-corrected chi connectivity index (χ4v) is 3.21. The van der Waals surface area contributed by atoms with Gasteiger partial charge in [-0.05, 0) is 24.6 Å². The molecule has 0 saturated heterocycles. The van der Waals surface area contributed by atoms with E-state index in [1.54, 1.807) is 6.92 Å². The van der Waals surface area contributed by atoms with Gasteiger partial charge in [0.15, 0.2) is 5.15 Å². The lowest BCUT2D eigenvalue weighted by molar-refractivity contribution is -0.141. The first-order chi connectivity index (χ1) is 10.3. The first kappa shape index (κ1) is 17.3. The van der Waals surface area contributed by atoms with Crippen molar-refractivity contribution in [3.05, 3.63) is 49.9 Å². The normalized spacial score (nSPS) is 12.4. The van der Waals surface area contributed by atoms with E-state index in [1.807, 2.05) is 29.7 Å². The zero-order valence-electron chi connectivity index (χ0n) is 12.1. The van der Waals surface area contributed by atoms with Crippen LogP contribution in [0.4, 0.5) is 0 Å². The molecular formula is C15H15BrCl2N2O2.